The molecule has 0 radical (unpaired) electrons. The van der Waals surface area contributed by atoms with Crippen LogP contribution in [0.4, 0.5) is 0 Å². The van der Waals surface area contributed by atoms with Crippen molar-refractivity contribution in [2.75, 3.05) is 20.2 Å². The third-order valence-electron chi connectivity index (χ3n) is 3.93. The Morgan fingerprint density at radius 2 is 2.19 bits per heavy atom. The van der Waals surface area contributed by atoms with Crippen LogP contribution < -0.4 is 10.5 Å². The maximum absolute atomic E-state index is 12.7. The number of ether oxygens (including phenoxy) is 1. The number of piperidine rings is 1. The Morgan fingerprint density at radius 1 is 1.48 bits per heavy atom. The number of benzene rings is 1. The summed E-state index contributed by atoms with van der Waals surface area (Å²) >= 11 is 3.33. The highest BCUT2D eigenvalue weighted by Gasteiger charge is 2.31. The average Bonchev–Trinajstić information content (AvgIpc) is 2.47. The van der Waals surface area contributed by atoms with Crippen LogP contribution in [0.1, 0.15) is 19.8 Å². The Hall–Kier alpha value is -0.630. The van der Waals surface area contributed by atoms with Gasteiger partial charge in [-0.3, -0.25) is 0 Å². The summed E-state index contributed by atoms with van der Waals surface area (Å²) in [5, 5.41) is 0. The lowest BCUT2D eigenvalue weighted by Crippen LogP contribution is -2.44. The van der Waals surface area contributed by atoms with Gasteiger partial charge >= 0.3 is 0 Å². The molecule has 2 N–H and O–H groups in total. The molecule has 2 rings (SSSR count). The Labute approximate surface area is 134 Å². The fourth-order valence-corrected chi connectivity index (χ4v) is 4.83. The molecule has 1 heterocycles. The van der Waals surface area contributed by atoms with Gasteiger partial charge in [0.15, 0.2) is 0 Å². The SMILES string of the molecule is COc1ccc(S(=O)(=O)N2CCC[C@H]([C@H](C)N)C2)cc1Br. The van der Waals surface area contributed by atoms with Crippen LogP contribution in [0, 0.1) is 5.92 Å². The lowest BCUT2D eigenvalue weighted by Gasteiger charge is -2.33. The molecule has 1 aliphatic heterocycles. The Bertz CT molecular complexity index is 604. The predicted molar refractivity (Wildman–Crippen MR) is 85.8 cm³/mol. The van der Waals surface area contributed by atoms with Gasteiger partial charge in [-0.1, -0.05) is 0 Å². The minimum atomic E-state index is -3.48. The lowest BCUT2D eigenvalue weighted by atomic mass is 9.93. The summed E-state index contributed by atoms with van der Waals surface area (Å²) in [6.45, 7) is 2.98. The van der Waals surface area contributed by atoms with E-state index in [-0.39, 0.29) is 16.9 Å². The van der Waals surface area contributed by atoms with Gasteiger partial charge in [0.2, 0.25) is 10.0 Å². The molecule has 1 fully saturated rings. The highest BCUT2D eigenvalue weighted by molar-refractivity contribution is 9.10. The van der Waals surface area contributed by atoms with Crippen molar-refractivity contribution >= 4 is 26.0 Å². The van der Waals surface area contributed by atoms with Crippen molar-refractivity contribution in [1.82, 2.24) is 4.31 Å². The Kier molecular flexibility index (Phi) is 5.29. The van der Waals surface area contributed by atoms with Crippen LogP contribution in [-0.4, -0.2) is 39.0 Å². The first-order valence-corrected chi connectivity index (χ1v) is 9.19. The minimum Gasteiger partial charge on any atom is -0.496 e. The summed E-state index contributed by atoms with van der Waals surface area (Å²) in [5.74, 6) is 0.830. The first-order chi connectivity index (χ1) is 9.86. The van der Waals surface area contributed by atoms with Crippen LogP contribution in [0.5, 0.6) is 5.75 Å². The van der Waals surface area contributed by atoms with E-state index >= 15 is 0 Å². The summed E-state index contributed by atoms with van der Waals surface area (Å²) in [6, 6.07) is 4.83. The normalized spacial score (nSPS) is 22.0. The third kappa shape index (κ3) is 3.59. The van der Waals surface area contributed by atoms with Crippen LogP contribution in [0.15, 0.2) is 27.6 Å². The van der Waals surface area contributed by atoms with Crippen LogP contribution >= 0.6 is 15.9 Å². The first kappa shape index (κ1) is 16.7. The molecule has 1 aliphatic rings. The number of hydrogen-bond donors (Lipinski definition) is 1. The summed E-state index contributed by atoms with van der Waals surface area (Å²) in [4.78, 5) is 0.278. The molecule has 0 aromatic heterocycles. The summed E-state index contributed by atoms with van der Waals surface area (Å²) in [6.07, 6.45) is 1.83. The molecule has 7 heteroatoms. The van der Waals surface area contributed by atoms with E-state index in [0.29, 0.717) is 23.3 Å². The molecular weight excluding hydrogens is 356 g/mol. The number of methoxy groups -OCH3 is 1. The van der Waals surface area contributed by atoms with E-state index in [4.69, 9.17) is 10.5 Å². The second-order valence-electron chi connectivity index (χ2n) is 5.42. The van der Waals surface area contributed by atoms with Gasteiger partial charge in [-0.05, 0) is 59.8 Å². The van der Waals surface area contributed by atoms with Crippen LogP contribution in [0.3, 0.4) is 0 Å². The average molecular weight is 377 g/mol. The van der Waals surface area contributed by atoms with Crippen molar-refractivity contribution in [2.45, 2.75) is 30.7 Å². The third-order valence-corrected chi connectivity index (χ3v) is 6.41. The van der Waals surface area contributed by atoms with E-state index in [1.54, 1.807) is 29.6 Å². The molecule has 1 aromatic carbocycles. The van der Waals surface area contributed by atoms with E-state index in [2.05, 4.69) is 15.9 Å². The Balaban J connectivity index is 2.27. The smallest absolute Gasteiger partial charge is 0.243 e. The highest BCUT2D eigenvalue weighted by atomic mass is 79.9. The monoisotopic (exact) mass is 376 g/mol. The summed E-state index contributed by atoms with van der Waals surface area (Å²) in [5.41, 5.74) is 5.93. The molecule has 0 unspecified atom stereocenters. The number of hydrogen-bond acceptors (Lipinski definition) is 4. The van der Waals surface area contributed by atoms with Gasteiger partial charge < -0.3 is 10.5 Å². The molecule has 1 aromatic rings. The van der Waals surface area contributed by atoms with E-state index in [1.165, 1.54) is 0 Å². The lowest BCUT2D eigenvalue weighted by molar-refractivity contribution is 0.243. The molecule has 118 valence electrons. The molecule has 0 bridgehead atoms. The zero-order valence-corrected chi connectivity index (χ0v) is 14.7. The molecule has 21 heavy (non-hydrogen) atoms. The maximum Gasteiger partial charge on any atom is 0.243 e. The second kappa shape index (κ2) is 6.64. The maximum atomic E-state index is 12.7. The minimum absolute atomic E-state index is 0.00519. The fraction of sp³-hybridized carbons (Fsp3) is 0.571. The summed E-state index contributed by atoms with van der Waals surface area (Å²) in [7, 11) is -1.94. The van der Waals surface area contributed by atoms with E-state index in [1.807, 2.05) is 6.92 Å². The van der Waals surface area contributed by atoms with Crippen LogP contribution in [-0.2, 0) is 10.0 Å². The van der Waals surface area contributed by atoms with Gasteiger partial charge in [0.05, 0.1) is 16.5 Å². The first-order valence-electron chi connectivity index (χ1n) is 6.95. The molecule has 0 amide bonds. The zero-order valence-electron chi connectivity index (χ0n) is 12.3. The predicted octanol–water partition coefficient (Wildman–Crippen LogP) is 2.21. The van der Waals surface area contributed by atoms with Crippen molar-refractivity contribution in [1.29, 1.82) is 0 Å². The number of sulfonamides is 1. The highest BCUT2D eigenvalue weighted by Crippen LogP contribution is 2.30. The molecule has 1 saturated heterocycles. The topological polar surface area (TPSA) is 72.6 Å². The van der Waals surface area contributed by atoms with Crippen molar-refractivity contribution in [3.8, 4) is 5.75 Å². The number of rotatable bonds is 4. The van der Waals surface area contributed by atoms with Crippen molar-refractivity contribution < 1.29 is 13.2 Å². The van der Waals surface area contributed by atoms with Crippen LogP contribution in [0.2, 0.25) is 0 Å². The van der Waals surface area contributed by atoms with E-state index in [0.717, 1.165) is 12.8 Å². The zero-order chi connectivity index (χ0) is 15.6. The molecule has 2 atom stereocenters. The molecular formula is C14H21BrN2O3S. The van der Waals surface area contributed by atoms with Crippen molar-refractivity contribution in [3.63, 3.8) is 0 Å². The standard InChI is InChI=1S/C14H21BrN2O3S/c1-10(16)11-4-3-7-17(9-11)21(18,19)12-5-6-14(20-2)13(15)8-12/h5-6,8,10-11H,3-4,7,9,16H2,1-2H3/t10-,11-/m0/s1. The molecule has 5 nitrogen and oxygen atoms in total. The Morgan fingerprint density at radius 3 is 2.76 bits per heavy atom. The molecule has 0 aliphatic carbocycles. The van der Waals surface area contributed by atoms with Gasteiger partial charge in [-0.15, -0.1) is 0 Å². The van der Waals surface area contributed by atoms with E-state index in [9.17, 15) is 8.42 Å². The number of nitrogens with zero attached hydrogens (tertiary/aromatic N) is 1. The number of nitrogens with two attached hydrogens (primary N) is 1. The van der Waals surface area contributed by atoms with Crippen molar-refractivity contribution in [3.05, 3.63) is 22.7 Å². The van der Waals surface area contributed by atoms with Gasteiger partial charge in [0, 0.05) is 19.1 Å². The van der Waals surface area contributed by atoms with Gasteiger partial charge in [0.25, 0.3) is 0 Å². The van der Waals surface area contributed by atoms with Gasteiger partial charge in [-0.25, -0.2) is 8.42 Å². The largest absolute Gasteiger partial charge is 0.496 e. The van der Waals surface area contributed by atoms with E-state index < -0.39 is 10.0 Å². The number of halogens is 1. The quantitative estimate of drug-likeness (QED) is 0.873. The molecule has 0 spiro atoms. The summed E-state index contributed by atoms with van der Waals surface area (Å²) < 4.78 is 32.8. The van der Waals surface area contributed by atoms with Gasteiger partial charge in [-0.2, -0.15) is 4.31 Å². The molecule has 0 saturated carbocycles. The van der Waals surface area contributed by atoms with Crippen LogP contribution in [0.25, 0.3) is 0 Å². The second-order valence-corrected chi connectivity index (χ2v) is 8.21. The van der Waals surface area contributed by atoms with Crippen molar-refractivity contribution in [2.24, 2.45) is 11.7 Å². The van der Waals surface area contributed by atoms with Gasteiger partial charge in [0.1, 0.15) is 5.75 Å². The fourth-order valence-electron chi connectivity index (χ4n) is 2.58.